The van der Waals surface area contributed by atoms with Gasteiger partial charge >= 0.3 is 5.97 Å². The molecule has 0 spiro atoms. The summed E-state index contributed by atoms with van der Waals surface area (Å²) < 4.78 is 4.85. The summed E-state index contributed by atoms with van der Waals surface area (Å²) in [6, 6.07) is 1.76. The van der Waals surface area contributed by atoms with Crippen molar-refractivity contribution < 1.29 is 9.53 Å². The summed E-state index contributed by atoms with van der Waals surface area (Å²) in [5.41, 5.74) is -0.714. The summed E-state index contributed by atoms with van der Waals surface area (Å²) in [5, 5.41) is 3.87. The zero-order valence-electron chi connectivity index (χ0n) is 11.0. The second-order valence-electron chi connectivity index (χ2n) is 4.07. The van der Waals surface area contributed by atoms with Crippen LogP contribution >= 0.6 is 11.8 Å². The Kier molecular flexibility index (Phi) is 6.07. The first-order valence-corrected chi connectivity index (χ1v) is 6.84. The minimum absolute atomic E-state index is 0.264. The van der Waals surface area contributed by atoms with E-state index in [2.05, 4.69) is 22.2 Å². The number of nitrogens with zero attached hydrogens (tertiary/aromatic N) is 2. The maximum atomic E-state index is 11.8. The fourth-order valence-corrected chi connectivity index (χ4v) is 2.29. The molecule has 1 aromatic rings. The van der Waals surface area contributed by atoms with E-state index >= 15 is 0 Å². The second kappa shape index (κ2) is 7.33. The molecule has 1 rings (SSSR count). The number of carbonyl (C=O) groups excluding carboxylic acids is 1. The zero-order chi connectivity index (χ0) is 13.4. The number of hydrogen-bond donors (Lipinski definition) is 1. The fraction of sp³-hybridized carbons (Fsp3) is 0.583. The lowest BCUT2D eigenvalue weighted by Gasteiger charge is -2.27. The van der Waals surface area contributed by atoms with E-state index in [1.165, 1.54) is 18.9 Å². The molecular formula is C12H19N3O2S. The van der Waals surface area contributed by atoms with Gasteiger partial charge in [-0.3, -0.25) is 4.79 Å². The van der Waals surface area contributed by atoms with Crippen molar-refractivity contribution in [3.8, 4) is 0 Å². The third-order valence-electron chi connectivity index (χ3n) is 2.43. The number of ether oxygens (including phenoxy) is 1. The topological polar surface area (TPSA) is 64.1 Å². The highest BCUT2D eigenvalue weighted by molar-refractivity contribution is 7.99. The van der Waals surface area contributed by atoms with E-state index in [1.807, 2.05) is 6.92 Å². The number of esters is 1. The van der Waals surface area contributed by atoms with Crippen LogP contribution in [0.15, 0.2) is 23.6 Å². The van der Waals surface area contributed by atoms with Crippen LogP contribution < -0.4 is 5.32 Å². The Morgan fingerprint density at radius 2 is 2.17 bits per heavy atom. The van der Waals surface area contributed by atoms with Gasteiger partial charge in [0.15, 0.2) is 5.16 Å². The van der Waals surface area contributed by atoms with Crippen molar-refractivity contribution in [3.63, 3.8) is 0 Å². The highest BCUT2D eigenvalue weighted by Crippen LogP contribution is 2.20. The van der Waals surface area contributed by atoms with Crippen LogP contribution in [0, 0.1) is 0 Å². The normalized spacial score (nSPS) is 13.9. The second-order valence-corrected chi connectivity index (χ2v) is 5.01. The summed E-state index contributed by atoms with van der Waals surface area (Å²) in [7, 11) is 1.40. The lowest BCUT2D eigenvalue weighted by molar-refractivity contribution is -0.146. The number of rotatable bonds is 7. The van der Waals surface area contributed by atoms with Crippen molar-refractivity contribution in [2.24, 2.45) is 0 Å². The van der Waals surface area contributed by atoms with Gasteiger partial charge in [0.25, 0.3) is 0 Å². The van der Waals surface area contributed by atoms with Gasteiger partial charge in [0, 0.05) is 18.1 Å². The van der Waals surface area contributed by atoms with Crippen molar-refractivity contribution >= 4 is 17.7 Å². The standard InChI is InChI=1S/C12H19N3O2S/c1-4-6-15-12(2,10(16)17-3)9-18-11-13-7-5-8-14-11/h5,7-8,15H,4,6,9H2,1-3H3. The van der Waals surface area contributed by atoms with Crippen LogP contribution in [-0.2, 0) is 9.53 Å². The molecular weight excluding hydrogens is 250 g/mol. The van der Waals surface area contributed by atoms with Crippen LogP contribution in [0.4, 0.5) is 0 Å². The van der Waals surface area contributed by atoms with E-state index < -0.39 is 5.54 Å². The predicted octanol–water partition coefficient (Wildman–Crippen LogP) is 1.50. The number of methoxy groups -OCH3 is 1. The van der Waals surface area contributed by atoms with Crippen LogP contribution in [0.1, 0.15) is 20.3 Å². The maximum Gasteiger partial charge on any atom is 0.326 e. The average Bonchev–Trinajstić information content (AvgIpc) is 2.43. The van der Waals surface area contributed by atoms with Gasteiger partial charge < -0.3 is 10.1 Å². The summed E-state index contributed by atoms with van der Waals surface area (Å²) in [5.74, 6) is 0.267. The molecule has 1 aromatic heterocycles. The minimum Gasteiger partial charge on any atom is -0.468 e. The van der Waals surface area contributed by atoms with Gasteiger partial charge in [0.1, 0.15) is 5.54 Å². The van der Waals surface area contributed by atoms with Crippen molar-refractivity contribution in [2.45, 2.75) is 31.0 Å². The molecule has 0 amide bonds. The van der Waals surface area contributed by atoms with E-state index in [-0.39, 0.29) is 5.97 Å². The molecule has 1 unspecified atom stereocenters. The van der Waals surface area contributed by atoms with E-state index in [1.54, 1.807) is 18.5 Å². The van der Waals surface area contributed by atoms with Crippen LogP contribution in [0.25, 0.3) is 0 Å². The molecule has 5 nitrogen and oxygen atoms in total. The Morgan fingerprint density at radius 1 is 1.50 bits per heavy atom. The molecule has 0 bridgehead atoms. The van der Waals surface area contributed by atoms with Crippen molar-refractivity contribution in [2.75, 3.05) is 19.4 Å². The molecule has 18 heavy (non-hydrogen) atoms. The average molecular weight is 269 g/mol. The Hall–Kier alpha value is -1.14. The molecule has 1 N–H and O–H groups in total. The first kappa shape index (κ1) is 14.9. The largest absolute Gasteiger partial charge is 0.468 e. The van der Waals surface area contributed by atoms with Crippen LogP contribution in [0.5, 0.6) is 0 Å². The van der Waals surface area contributed by atoms with Crippen LogP contribution in [-0.4, -0.2) is 40.9 Å². The van der Waals surface area contributed by atoms with Gasteiger partial charge in [-0.05, 0) is 26.0 Å². The van der Waals surface area contributed by atoms with E-state index in [4.69, 9.17) is 4.74 Å². The number of aromatic nitrogens is 2. The summed E-state index contributed by atoms with van der Waals surface area (Å²) in [6.07, 6.45) is 4.33. The van der Waals surface area contributed by atoms with Crippen LogP contribution in [0.3, 0.4) is 0 Å². The Balaban J connectivity index is 2.64. The highest BCUT2D eigenvalue weighted by Gasteiger charge is 2.34. The Labute approximate surface area is 112 Å². The van der Waals surface area contributed by atoms with Gasteiger partial charge in [-0.2, -0.15) is 0 Å². The van der Waals surface area contributed by atoms with Gasteiger partial charge in [0.05, 0.1) is 7.11 Å². The predicted molar refractivity (Wildman–Crippen MR) is 71.5 cm³/mol. The molecule has 0 radical (unpaired) electrons. The summed E-state index contributed by atoms with van der Waals surface area (Å²) >= 11 is 1.44. The molecule has 0 saturated carbocycles. The third kappa shape index (κ3) is 4.27. The first-order chi connectivity index (χ1) is 8.62. The van der Waals surface area contributed by atoms with Gasteiger partial charge in [0.2, 0.25) is 0 Å². The molecule has 0 fully saturated rings. The molecule has 6 heteroatoms. The summed E-state index contributed by atoms with van der Waals surface area (Å²) in [6.45, 7) is 4.66. The lowest BCUT2D eigenvalue weighted by atomic mass is 10.1. The molecule has 1 atom stereocenters. The fourth-order valence-electron chi connectivity index (χ4n) is 1.38. The number of carbonyl (C=O) groups is 1. The van der Waals surface area contributed by atoms with Gasteiger partial charge in [-0.1, -0.05) is 18.7 Å². The number of nitrogens with one attached hydrogen (secondary N) is 1. The van der Waals surface area contributed by atoms with Crippen molar-refractivity contribution in [1.82, 2.24) is 15.3 Å². The maximum absolute atomic E-state index is 11.8. The molecule has 0 aromatic carbocycles. The smallest absolute Gasteiger partial charge is 0.326 e. The van der Waals surface area contributed by atoms with E-state index in [0.717, 1.165) is 13.0 Å². The quantitative estimate of drug-likeness (QED) is 0.460. The highest BCUT2D eigenvalue weighted by atomic mass is 32.2. The van der Waals surface area contributed by atoms with Gasteiger partial charge in [-0.25, -0.2) is 9.97 Å². The molecule has 0 aliphatic rings. The molecule has 0 aliphatic carbocycles. The SMILES string of the molecule is CCCNC(C)(CSc1ncccn1)C(=O)OC. The van der Waals surface area contributed by atoms with E-state index in [0.29, 0.717) is 10.9 Å². The minimum atomic E-state index is -0.714. The third-order valence-corrected chi connectivity index (χ3v) is 3.62. The molecule has 0 saturated heterocycles. The Morgan fingerprint density at radius 3 is 2.72 bits per heavy atom. The van der Waals surface area contributed by atoms with Crippen molar-refractivity contribution in [3.05, 3.63) is 18.5 Å². The summed E-state index contributed by atoms with van der Waals surface area (Å²) in [4.78, 5) is 20.1. The number of hydrogen-bond acceptors (Lipinski definition) is 6. The molecule has 0 aliphatic heterocycles. The van der Waals surface area contributed by atoms with Crippen molar-refractivity contribution in [1.29, 1.82) is 0 Å². The zero-order valence-corrected chi connectivity index (χ0v) is 11.8. The Bertz CT molecular complexity index is 375. The first-order valence-electron chi connectivity index (χ1n) is 5.85. The monoisotopic (exact) mass is 269 g/mol. The number of thioether (sulfide) groups is 1. The molecule has 100 valence electrons. The molecule has 1 heterocycles. The van der Waals surface area contributed by atoms with Crippen LogP contribution in [0.2, 0.25) is 0 Å². The van der Waals surface area contributed by atoms with E-state index in [9.17, 15) is 4.79 Å². The lowest BCUT2D eigenvalue weighted by Crippen LogP contribution is -2.52. The van der Waals surface area contributed by atoms with Gasteiger partial charge in [-0.15, -0.1) is 0 Å².